The van der Waals surface area contributed by atoms with E-state index >= 15 is 0 Å². The SMILES string of the molecule is CNC(Cc1ccc(Br)cc1F)C1CCSC1. The second-order valence-corrected chi connectivity index (χ2v) is 6.52. The molecule has 17 heavy (non-hydrogen) atoms. The lowest BCUT2D eigenvalue weighted by Crippen LogP contribution is -2.35. The first-order valence-electron chi connectivity index (χ1n) is 5.89. The largest absolute Gasteiger partial charge is 0.316 e. The normalized spacial score (nSPS) is 21.7. The molecular formula is C13H17BrFNS. The van der Waals surface area contributed by atoms with Gasteiger partial charge in [0, 0.05) is 10.5 Å². The van der Waals surface area contributed by atoms with Gasteiger partial charge in [-0.3, -0.25) is 0 Å². The fourth-order valence-corrected chi connectivity index (χ4v) is 3.97. The molecule has 0 bridgehead atoms. The maximum atomic E-state index is 13.8. The van der Waals surface area contributed by atoms with E-state index in [0.29, 0.717) is 12.0 Å². The van der Waals surface area contributed by atoms with Gasteiger partial charge in [0.2, 0.25) is 0 Å². The van der Waals surface area contributed by atoms with E-state index in [1.54, 1.807) is 6.07 Å². The van der Waals surface area contributed by atoms with Gasteiger partial charge in [-0.1, -0.05) is 22.0 Å². The quantitative estimate of drug-likeness (QED) is 0.912. The van der Waals surface area contributed by atoms with Crippen LogP contribution in [0.25, 0.3) is 0 Å². The highest BCUT2D eigenvalue weighted by Gasteiger charge is 2.25. The monoisotopic (exact) mass is 317 g/mol. The topological polar surface area (TPSA) is 12.0 Å². The van der Waals surface area contributed by atoms with Crippen molar-refractivity contribution in [2.75, 3.05) is 18.6 Å². The number of benzene rings is 1. The predicted molar refractivity (Wildman–Crippen MR) is 76.1 cm³/mol. The lowest BCUT2D eigenvalue weighted by atomic mass is 9.93. The molecule has 2 unspecified atom stereocenters. The predicted octanol–water partition coefficient (Wildman–Crippen LogP) is 3.47. The first kappa shape index (κ1) is 13.4. The van der Waals surface area contributed by atoms with Crippen LogP contribution in [-0.2, 0) is 6.42 Å². The third kappa shape index (κ3) is 3.46. The summed E-state index contributed by atoms with van der Waals surface area (Å²) in [6, 6.07) is 5.73. The van der Waals surface area contributed by atoms with Crippen molar-refractivity contribution in [2.45, 2.75) is 18.9 Å². The van der Waals surface area contributed by atoms with E-state index in [0.717, 1.165) is 16.5 Å². The summed E-state index contributed by atoms with van der Waals surface area (Å²) >= 11 is 5.29. The standard InChI is InChI=1S/C13H17BrFNS/c1-16-13(10-4-5-17-8-10)6-9-2-3-11(14)7-12(9)15/h2-3,7,10,13,16H,4-6,8H2,1H3. The molecule has 0 aliphatic carbocycles. The number of rotatable bonds is 4. The maximum Gasteiger partial charge on any atom is 0.127 e. The Morgan fingerprint density at radius 2 is 2.41 bits per heavy atom. The maximum absolute atomic E-state index is 13.8. The third-order valence-corrected chi connectivity index (χ3v) is 5.04. The summed E-state index contributed by atoms with van der Waals surface area (Å²) in [6.45, 7) is 0. The van der Waals surface area contributed by atoms with Crippen molar-refractivity contribution >= 4 is 27.7 Å². The van der Waals surface area contributed by atoms with Gasteiger partial charge in [0.05, 0.1) is 0 Å². The summed E-state index contributed by atoms with van der Waals surface area (Å²) in [5.74, 6) is 3.01. The molecule has 2 atom stereocenters. The van der Waals surface area contributed by atoms with Crippen LogP contribution in [0.2, 0.25) is 0 Å². The van der Waals surface area contributed by atoms with Crippen LogP contribution in [0, 0.1) is 11.7 Å². The first-order valence-corrected chi connectivity index (χ1v) is 7.84. The zero-order chi connectivity index (χ0) is 12.3. The fraction of sp³-hybridized carbons (Fsp3) is 0.538. The molecule has 1 aromatic rings. The molecule has 1 fully saturated rings. The van der Waals surface area contributed by atoms with Gasteiger partial charge < -0.3 is 5.32 Å². The van der Waals surface area contributed by atoms with Gasteiger partial charge >= 0.3 is 0 Å². The zero-order valence-corrected chi connectivity index (χ0v) is 12.3. The van der Waals surface area contributed by atoms with Crippen LogP contribution in [0.1, 0.15) is 12.0 Å². The molecule has 0 spiro atoms. The number of hydrogen-bond donors (Lipinski definition) is 1. The lowest BCUT2D eigenvalue weighted by molar-refractivity contribution is 0.399. The molecule has 0 saturated carbocycles. The van der Waals surface area contributed by atoms with E-state index in [-0.39, 0.29) is 5.82 Å². The smallest absolute Gasteiger partial charge is 0.127 e. The molecule has 0 amide bonds. The summed E-state index contributed by atoms with van der Waals surface area (Å²) in [7, 11) is 1.98. The van der Waals surface area contributed by atoms with Crippen LogP contribution in [0.15, 0.2) is 22.7 Å². The summed E-state index contributed by atoms with van der Waals surface area (Å²) in [5, 5.41) is 3.34. The van der Waals surface area contributed by atoms with Crippen LogP contribution in [-0.4, -0.2) is 24.6 Å². The minimum absolute atomic E-state index is 0.106. The number of nitrogens with one attached hydrogen (secondary N) is 1. The van der Waals surface area contributed by atoms with Crippen molar-refractivity contribution in [3.8, 4) is 0 Å². The molecular weight excluding hydrogens is 301 g/mol. The average Bonchev–Trinajstić information content (AvgIpc) is 2.81. The Morgan fingerprint density at radius 1 is 1.59 bits per heavy atom. The molecule has 0 aromatic heterocycles. The van der Waals surface area contributed by atoms with E-state index in [2.05, 4.69) is 21.2 Å². The molecule has 1 heterocycles. The van der Waals surface area contributed by atoms with Crippen LogP contribution >= 0.6 is 27.7 Å². The fourth-order valence-electron chi connectivity index (χ4n) is 2.30. The molecule has 4 heteroatoms. The Labute approximate surface area is 115 Å². The van der Waals surface area contributed by atoms with Gasteiger partial charge in [0.1, 0.15) is 5.82 Å². The van der Waals surface area contributed by atoms with Crippen LogP contribution in [0.5, 0.6) is 0 Å². The lowest BCUT2D eigenvalue weighted by Gasteiger charge is -2.22. The Hall–Kier alpha value is -0.0600. The second-order valence-electron chi connectivity index (χ2n) is 4.46. The second kappa shape index (κ2) is 6.21. The molecule has 1 saturated heterocycles. The molecule has 1 nitrogen and oxygen atoms in total. The zero-order valence-electron chi connectivity index (χ0n) is 9.88. The third-order valence-electron chi connectivity index (χ3n) is 3.36. The highest BCUT2D eigenvalue weighted by molar-refractivity contribution is 9.10. The molecule has 1 aliphatic rings. The minimum Gasteiger partial charge on any atom is -0.316 e. The first-order chi connectivity index (χ1) is 8.20. The van der Waals surface area contributed by atoms with Crippen LogP contribution in [0.3, 0.4) is 0 Å². The van der Waals surface area contributed by atoms with Gasteiger partial charge in [-0.25, -0.2) is 4.39 Å². The molecule has 1 N–H and O–H groups in total. The minimum atomic E-state index is -0.106. The van der Waals surface area contributed by atoms with Crippen molar-refractivity contribution in [3.05, 3.63) is 34.1 Å². The summed E-state index contributed by atoms with van der Waals surface area (Å²) in [4.78, 5) is 0. The number of thioether (sulfide) groups is 1. The van der Waals surface area contributed by atoms with E-state index < -0.39 is 0 Å². The van der Waals surface area contributed by atoms with Crippen LogP contribution in [0.4, 0.5) is 4.39 Å². The summed E-state index contributed by atoms with van der Waals surface area (Å²) in [6.07, 6.45) is 2.02. The summed E-state index contributed by atoms with van der Waals surface area (Å²) in [5.41, 5.74) is 0.810. The molecule has 1 aromatic carbocycles. The Bertz CT molecular complexity index is 380. The van der Waals surface area contributed by atoms with E-state index in [1.807, 2.05) is 30.9 Å². The van der Waals surface area contributed by atoms with E-state index in [9.17, 15) is 4.39 Å². The van der Waals surface area contributed by atoms with Gasteiger partial charge in [0.25, 0.3) is 0 Å². The van der Waals surface area contributed by atoms with Crippen molar-refractivity contribution < 1.29 is 4.39 Å². The van der Waals surface area contributed by atoms with Crippen molar-refractivity contribution in [1.29, 1.82) is 0 Å². The average molecular weight is 318 g/mol. The van der Waals surface area contributed by atoms with Gasteiger partial charge in [-0.05, 0) is 55.0 Å². The Morgan fingerprint density at radius 3 is 3.00 bits per heavy atom. The molecule has 0 radical (unpaired) electrons. The van der Waals surface area contributed by atoms with E-state index in [4.69, 9.17) is 0 Å². The highest BCUT2D eigenvalue weighted by Crippen LogP contribution is 2.28. The van der Waals surface area contributed by atoms with Crippen molar-refractivity contribution in [2.24, 2.45) is 5.92 Å². The highest BCUT2D eigenvalue weighted by atomic mass is 79.9. The van der Waals surface area contributed by atoms with E-state index in [1.165, 1.54) is 17.9 Å². The van der Waals surface area contributed by atoms with Crippen molar-refractivity contribution in [3.63, 3.8) is 0 Å². The van der Waals surface area contributed by atoms with Gasteiger partial charge in [-0.2, -0.15) is 11.8 Å². The van der Waals surface area contributed by atoms with Gasteiger partial charge in [-0.15, -0.1) is 0 Å². The van der Waals surface area contributed by atoms with Crippen LogP contribution < -0.4 is 5.32 Å². The molecule has 1 aliphatic heterocycles. The molecule has 94 valence electrons. The summed E-state index contributed by atoms with van der Waals surface area (Å²) < 4.78 is 14.6. The molecule has 2 rings (SSSR count). The Kier molecular flexibility index (Phi) is 4.88. The van der Waals surface area contributed by atoms with Gasteiger partial charge in [0.15, 0.2) is 0 Å². The Balaban J connectivity index is 2.06. The number of hydrogen-bond acceptors (Lipinski definition) is 2. The number of likely N-dealkylation sites (N-methyl/N-ethyl adjacent to an activating group) is 1. The van der Waals surface area contributed by atoms with Crippen molar-refractivity contribution in [1.82, 2.24) is 5.32 Å². The number of halogens is 2.